The van der Waals surface area contributed by atoms with Crippen LogP contribution in [0, 0.1) is 0 Å². The molecule has 4 heteroatoms. The van der Waals surface area contributed by atoms with Gasteiger partial charge in [0.2, 0.25) is 0 Å². The van der Waals surface area contributed by atoms with E-state index >= 15 is 0 Å². The zero-order valence-electron chi connectivity index (χ0n) is 13.3. The fourth-order valence-electron chi connectivity index (χ4n) is 1.97. The highest BCUT2D eigenvalue weighted by atomic mass is 35.5. The van der Waals surface area contributed by atoms with Gasteiger partial charge in [-0.15, -0.1) is 0 Å². The van der Waals surface area contributed by atoms with Crippen LogP contribution in [0.5, 0.6) is 0 Å². The molecule has 3 nitrogen and oxygen atoms in total. The highest BCUT2D eigenvalue weighted by Gasteiger charge is 2.12. The van der Waals surface area contributed by atoms with E-state index in [1.54, 1.807) is 7.11 Å². The molecule has 1 N–H and O–H groups in total. The molecule has 0 aromatic heterocycles. The molecule has 0 radical (unpaired) electrons. The lowest BCUT2D eigenvalue weighted by atomic mass is 10.1. The topological polar surface area (TPSA) is 24.5 Å². The van der Waals surface area contributed by atoms with E-state index in [1.165, 1.54) is 11.3 Å². The van der Waals surface area contributed by atoms with Crippen LogP contribution >= 0.6 is 11.6 Å². The first-order valence-corrected chi connectivity index (χ1v) is 7.45. The lowest BCUT2D eigenvalue weighted by Gasteiger charge is -2.26. The first-order valence-electron chi connectivity index (χ1n) is 7.07. The van der Waals surface area contributed by atoms with Crippen molar-refractivity contribution in [3.63, 3.8) is 0 Å². The predicted molar refractivity (Wildman–Crippen MR) is 87.8 cm³/mol. The number of nitrogens with zero attached hydrogens (tertiary/aromatic N) is 1. The highest BCUT2D eigenvalue weighted by molar-refractivity contribution is 6.30. The van der Waals surface area contributed by atoms with E-state index in [0.717, 1.165) is 31.1 Å². The SMILES string of the molecule is COCCCN(C)c1cc(Cl)ccc1CNC(C)(C)C. The van der Waals surface area contributed by atoms with Crippen LogP contribution in [0.2, 0.25) is 5.02 Å². The fraction of sp³-hybridized carbons (Fsp3) is 0.625. The summed E-state index contributed by atoms with van der Waals surface area (Å²) in [4.78, 5) is 2.24. The average Bonchev–Trinajstić information content (AvgIpc) is 2.36. The van der Waals surface area contributed by atoms with Crippen molar-refractivity contribution in [1.29, 1.82) is 0 Å². The normalized spacial score (nSPS) is 11.7. The molecule has 0 aliphatic carbocycles. The molecule has 0 unspecified atom stereocenters. The Balaban J connectivity index is 2.78. The summed E-state index contributed by atoms with van der Waals surface area (Å²) in [6, 6.07) is 6.09. The van der Waals surface area contributed by atoms with Crippen molar-refractivity contribution < 1.29 is 4.74 Å². The molecule has 0 spiro atoms. The number of benzene rings is 1. The van der Waals surface area contributed by atoms with Gasteiger partial charge in [-0.3, -0.25) is 0 Å². The van der Waals surface area contributed by atoms with Crippen molar-refractivity contribution >= 4 is 17.3 Å². The lowest BCUT2D eigenvalue weighted by molar-refractivity contribution is 0.196. The number of hydrogen-bond donors (Lipinski definition) is 1. The van der Waals surface area contributed by atoms with E-state index < -0.39 is 0 Å². The fourth-order valence-corrected chi connectivity index (χ4v) is 2.14. The summed E-state index contributed by atoms with van der Waals surface area (Å²) in [5.41, 5.74) is 2.56. The zero-order valence-corrected chi connectivity index (χ0v) is 14.0. The van der Waals surface area contributed by atoms with Crippen molar-refractivity contribution in [3.05, 3.63) is 28.8 Å². The van der Waals surface area contributed by atoms with Gasteiger partial charge in [-0.2, -0.15) is 0 Å². The molecule has 0 amide bonds. The van der Waals surface area contributed by atoms with Crippen molar-refractivity contribution in [1.82, 2.24) is 5.32 Å². The van der Waals surface area contributed by atoms with Gasteiger partial charge < -0.3 is 15.0 Å². The molecule has 0 fully saturated rings. The van der Waals surface area contributed by atoms with Crippen LogP contribution in [0.25, 0.3) is 0 Å². The number of nitrogens with one attached hydrogen (secondary N) is 1. The minimum Gasteiger partial charge on any atom is -0.385 e. The molecule has 0 saturated heterocycles. The predicted octanol–water partition coefficient (Wildman–Crippen LogP) is 3.70. The number of ether oxygens (including phenoxy) is 1. The van der Waals surface area contributed by atoms with E-state index in [4.69, 9.17) is 16.3 Å². The molecular weight excluding hydrogens is 272 g/mol. The molecule has 1 aromatic rings. The average molecular weight is 299 g/mol. The number of anilines is 1. The van der Waals surface area contributed by atoms with Gasteiger partial charge >= 0.3 is 0 Å². The van der Waals surface area contributed by atoms with Gasteiger partial charge in [0.25, 0.3) is 0 Å². The number of rotatable bonds is 7. The second-order valence-electron chi connectivity index (χ2n) is 6.14. The zero-order chi connectivity index (χ0) is 15.2. The largest absolute Gasteiger partial charge is 0.385 e. The summed E-state index contributed by atoms with van der Waals surface area (Å²) < 4.78 is 5.11. The summed E-state index contributed by atoms with van der Waals surface area (Å²) >= 11 is 6.14. The van der Waals surface area contributed by atoms with Gasteiger partial charge in [-0.1, -0.05) is 17.7 Å². The molecule has 1 aromatic carbocycles. The van der Waals surface area contributed by atoms with E-state index in [1.807, 2.05) is 12.1 Å². The van der Waals surface area contributed by atoms with Crippen LogP contribution in [0.3, 0.4) is 0 Å². The van der Waals surface area contributed by atoms with Crippen LogP contribution in [0.1, 0.15) is 32.8 Å². The number of hydrogen-bond acceptors (Lipinski definition) is 3. The van der Waals surface area contributed by atoms with Crippen molar-refractivity contribution in [2.75, 3.05) is 32.2 Å². The third-order valence-corrected chi connectivity index (χ3v) is 3.34. The van der Waals surface area contributed by atoms with Gasteiger partial charge in [0.15, 0.2) is 0 Å². The van der Waals surface area contributed by atoms with Gasteiger partial charge in [0.05, 0.1) is 0 Å². The van der Waals surface area contributed by atoms with Crippen LogP contribution in [-0.4, -0.2) is 32.8 Å². The maximum absolute atomic E-state index is 6.14. The Hall–Kier alpha value is -0.770. The van der Waals surface area contributed by atoms with E-state index in [2.05, 4.69) is 44.1 Å². The second kappa shape index (κ2) is 7.87. The van der Waals surface area contributed by atoms with Crippen LogP contribution in [-0.2, 0) is 11.3 Å². The molecule has 0 bridgehead atoms. The standard InChI is InChI=1S/C16H27ClN2O/c1-16(2,3)18-12-13-7-8-14(17)11-15(13)19(4)9-6-10-20-5/h7-8,11,18H,6,9-10,12H2,1-5H3. The molecule has 0 aliphatic heterocycles. The summed E-state index contributed by atoms with van der Waals surface area (Å²) in [5, 5.41) is 4.30. The Morgan fingerprint density at radius 3 is 2.60 bits per heavy atom. The maximum atomic E-state index is 6.14. The molecule has 0 saturated carbocycles. The molecule has 0 heterocycles. The highest BCUT2D eigenvalue weighted by Crippen LogP contribution is 2.24. The summed E-state index contributed by atoms with van der Waals surface area (Å²) in [6.07, 6.45) is 1.01. The number of methoxy groups -OCH3 is 1. The number of halogens is 1. The Morgan fingerprint density at radius 2 is 2.00 bits per heavy atom. The Bertz CT molecular complexity index is 415. The minimum atomic E-state index is 0.103. The van der Waals surface area contributed by atoms with Gasteiger partial charge in [-0.25, -0.2) is 0 Å². The quantitative estimate of drug-likeness (QED) is 0.777. The monoisotopic (exact) mass is 298 g/mol. The molecule has 0 atom stereocenters. The van der Waals surface area contributed by atoms with Gasteiger partial charge in [0.1, 0.15) is 0 Å². The first kappa shape index (κ1) is 17.3. The van der Waals surface area contributed by atoms with Crippen LogP contribution in [0.4, 0.5) is 5.69 Å². The molecule has 20 heavy (non-hydrogen) atoms. The van der Waals surface area contributed by atoms with Crippen molar-refractivity contribution in [2.24, 2.45) is 0 Å². The summed E-state index contributed by atoms with van der Waals surface area (Å²) in [6.45, 7) is 9.09. The van der Waals surface area contributed by atoms with E-state index in [0.29, 0.717) is 0 Å². The van der Waals surface area contributed by atoms with E-state index in [9.17, 15) is 0 Å². The van der Waals surface area contributed by atoms with Crippen molar-refractivity contribution in [2.45, 2.75) is 39.3 Å². The molecular formula is C16H27ClN2O. The Kier molecular flexibility index (Phi) is 6.80. The van der Waals surface area contributed by atoms with E-state index in [-0.39, 0.29) is 5.54 Å². The Labute approximate surface area is 128 Å². The maximum Gasteiger partial charge on any atom is 0.0479 e. The smallest absolute Gasteiger partial charge is 0.0479 e. The summed E-state index contributed by atoms with van der Waals surface area (Å²) in [7, 11) is 3.83. The molecule has 1 rings (SSSR count). The third kappa shape index (κ3) is 6.12. The molecule has 0 aliphatic rings. The molecule has 114 valence electrons. The van der Waals surface area contributed by atoms with Crippen LogP contribution < -0.4 is 10.2 Å². The first-order chi connectivity index (χ1) is 9.33. The van der Waals surface area contributed by atoms with Crippen LogP contribution in [0.15, 0.2) is 18.2 Å². The van der Waals surface area contributed by atoms with Gasteiger partial charge in [0, 0.05) is 50.1 Å². The lowest BCUT2D eigenvalue weighted by Crippen LogP contribution is -2.35. The van der Waals surface area contributed by atoms with Crippen molar-refractivity contribution in [3.8, 4) is 0 Å². The second-order valence-corrected chi connectivity index (χ2v) is 6.58. The Morgan fingerprint density at radius 1 is 1.30 bits per heavy atom. The van der Waals surface area contributed by atoms with Gasteiger partial charge in [-0.05, 0) is 44.9 Å². The summed E-state index contributed by atoms with van der Waals surface area (Å²) in [5.74, 6) is 0. The third-order valence-electron chi connectivity index (χ3n) is 3.11. The minimum absolute atomic E-state index is 0.103.